The van der Waals surface area contributed by atoms with Crippen LogP contribution < -0.4 is 10.2 Å². The Bertz CT molecular complexity index is 695. The van der Waals surface area contributed by atoms with E-state index >= 15 is 0 Å². The minimum atomic E-state index is 0.206. The van der Waals surface area contributed by atoms with Crippen molar-refractivity contribution in [3.8, 4) is 0 Å². The van der Waals surface area contributed by atoms with Gasteiger partial charge >= 0.3 is 0 Å². The minimum absolute atomic E-state index is 0.206. The normalized spacial score (nSPS) is 25.7. The third-order valence-corrected chi connectivity index (χ3v) is 7.14. The summed E-state index contributed by atoms with van der Waals surface area (Å²) in [5.74, 6) is 1.04. The van der Waals surface area contributed by atoms with E-state index in [0.29, 0.717) is 6.04 Å². The maximum absolute atomic E-state index is 12.3. The molecule has 4 nitrogen and oxygen atoms in total. The summed E-state index contributed by atoms with van der Waals surface area (Å²) in [4.78, 5) is 17.4. The highest BCUT2D eigenvalue weighted by Gasteiger charge is 2.25. The lowest BCUT2D eigenvalue weighted by atomic mass is 9.84. The van der Waals surface area contributed by atoms with Crippen molar-refractivity contribution in [3.63, 3.8) is 0 Å². The SMILES string of the molecule is Cc1ccc(N2CCN(CC[C@H]3CC[C@H](NC(=O)C4=CCCC4)CC3)CC2)cc1. The first-order valence-corrected chi connectivity index (χ1v) is 11.7. The molecule has 0 bridgehead atoms. The quantitative estimate of drug-likeness (QED) is 0.780. The van der Waals surface area contributed by atoms with Crippen molar-refractivity contribution in [1.29, 1.82) is 0 Å². The Balaban J connectivity index is 1.12. The van der Waals surface area contributed by atoms with Crippen LogP contribution in [-0.2, 0) is 4.79 Å². The van der Waals surface area contributed by atoms with Gasteiger partial charge in [0.1, 0.15) is 0 Å². The lowest BCUT2D eigenvalue weighted by molar-refractivity contribution is -0.118. The molecule has 0 spiro atoms. The summed E-state index contributed by atoms with van der Waals surface area (Å²) >= 11 is 0. The first-order valence-electron chi connectivity index (χ1n) is 11.7. The van der Waals surface area contributed by atoms with Crippen LogP contribution in [0.4, 0.5) is 5.69 Å². The Hall–Kier alpha value is -1.81. The summed E-state index contributed by atoms with van der Waals surface area (Å²) in [7, 11) is 0. The molecule has 1 saturated carbocycles. The maximum Gasteiger partial charge on any atom is 0.247 e. The molecule has 1 heterocycles. The van der Waals surface area contributed by atoms with E-state index in [-0.39, 0.29) is 5.91 Å². The van der Waals surface area contributed by atoms with Gasteiger partial charge in [0.05, 0.1) is 0 Å². The van der Waals surface area contributed by atoms with E-state index in [1.165, 1.54) is 50.1 Å². The highest BCUT2D eigenvalue weighted by molar-refractivity contribution is 5.93. The van der Waals surface area contributed by atoms with Gasteiger partial charge in [0, 0.05) is 43.5 Å². The number of piperazine rings is 1. The van der Waals surface area contributed by atoms with Crippen LogP contribution in [-0.4, -0.2) is 49.6 Å². The first-order chi connectivity index (χ1) is 14.2. The molecule has 0 unspecified atom stereocenters. The fourth-order valence-electron chi connectivity index (χ4n) is 5.10. The molecule has 1 amide bonds. The van der Waals surface area contributed by atoms with Crippen molar-refractivity contribution in [2.75, 3.05) is 37.6 Å². The molecule has 1 aliphatic heterocycles. The third-order valence-electron chi connectivity index (χ3n) is 7.14. The number of allylic oxidation sites excluding steroid dienone is 1. The third kappa shape index (κ3) is 5.63. The van der Waals surface area contributed by atoms with E-state index in [9.17, 15) is 4.79 Å². The minimum Gasteiger partial charge on any atom is -0.369 e. The molecule has 1 N–H and O–H groups in total. The molecule has 3 aliphatic rings. The van der Waals surface area contributed by atoms with Crippen LogP contribution in [0.5, 0.6) is 0 Å². The van der Waals surface area contributed by atoms with E-state index in [0.717, 1.165) is 56.7 Å². The van der Waals surface area contributed by atoms with E-state index in [1.54, 1.807) is 0 Å². The van der Waals surface area contributed by atoms with Crippen molar-refractivity contribution < 1.29 is 4.79 Å². The number of carbonyl (C=O) groups is 1. The molecule has 1 saturated heterocycles. The highest BCUT2D eigenvalue weighted by atomic mass is 16.1. The van der Waals surface area contributed by atoms with Crippen LogP contribution in [0.15, 0.2) is 35.9 Å². The smallest absolute Gasteiger partial charge is 0.247 e. The molecule has 4 rings (SSSR count). The first kappa shape index (κ1) is 20.5. The predicted molar refractivity (Wildman–Crippen MR) is 120 cm³/mol. The topological polar surface area (TPSA) is 35.6 Å². The van der Waals surface area contributed by atoms with Gasteiger partial charge in [0.15, 0.2) is 0 Å². The van der Waals surface area contributed by atoms with Crippen molar-refractivity contribution in [2.45, 2.75) is 64.3 Å². The summed E-state index contributed by atoms with van der Waals surface area (Å²) in [6.45, 7) is 8.00. The highest BCUT2D eigenvalue weighted by Crippen LogP contribution is 2.28. The molecule has 1 aromatic rings. The molecule has 1 aromatic carbocycles. The predicted octanol–water partition coefficient (Wildman–Crippen LogP) is 4.29. The van der Waals surface area contributed by atoms with Crippen LogP contribution in [0.2, 0.25) is 0 Å². The zero-order chi connectivity index (χ0) is 20.1. The molecule has 2 aliphatic carbocycles. The number of amides is 1. The van der Waals surface area contributed by atoms with Gasteiger partial charge < -0.3 is 10.2 Å². The monoisotopic (exact) mass is 395 g/mol. The number of rotatable bonds is 6. The van der Waals surface area contributed by atoms with Crippen molar-refractivity contribution >= 4 is 11.6 Å². The second-order valence-corrected chi connectivity index (χ2v) is 9.27. The number of anilines is 1. The number of hydrogen-bond acceptors (Lipinski definition) is 3. The fourth-order valence-corrected chi connectivity index (χ4v) is 5.10. The molecule has 0 radical (unpaired) electrons. The number of aryl methyl sites for hydroxylation is 1. The molecule has 29 heavy (non-hydrogen) atoms. The Kier molecular flexibility index (Phi) is 6.91. The molecule has 0 aromatic heterocycles. The average molecular weight is 396 g/mol. The lowest BCUT2D eigenvalue weighted by Crippen LogP contribution is -2.47. The van der Waals surface area contributed by atoms with Crippen LogP contribution in [0.3, 0.4) is 0 Å². The van der Waals surface area contributed by atoms with Crippen LogP contribution in [0.25, 0.3) is 0 Å². The van der Waals surface area contributed by atoms with E-state index < -0.39 is 0 Å². The number of nitrogens with zero attached hydrogens (tertiary/aromatic N) is 2. The Morgan fingerprint density at radius 3 is 2.41 bits per heavy atom. The van der Waals surface area contributed by atoms with Gasteiger partial charge in [-0.25, -0.2) is 0 Å². The largest absolute Gasteiger partial charge is 0.369 e. The van der Waals surface area contributed by atoms with Gasteiger partial charge in [-0.3, -0.25) is 9.69 Å². The van der Waals surface area contributed by atoms with Crippen LogP contribution in [0, 0.1) is 12.8 Å². The van der Waals surface area contributed by atoms with E-state index in [2.05, 4.69) is 52.4 Å². The zero-order valence-electron chi connectivity index (χ0n) is 18.0. The number of benzene rings is 1. The van der Waals surface area contributed by atoms with Crippen LogP contribution in [0.1, 0.15) is 56.9 Å². The van der Waals surface area contributed by atoms with E-state index in [4.69, 9.17) is 0 Å². The standard InChI is InChI=1S/C25H37N3O/c1-20-6-12-24(13-7-20)28-18-16-27(17-19-28)15-14-21-8-10-23(11-9-21)26-25(29)22-4-2-3-5-22/h4,6-7,12-13,21,23H,2-3,5,8-11,14-19H2,1H3,(H,26,29)/t21-,23-. The zero-order valence-corrected chi connectivity index (χ0v) is 18.0. The second-order valence-electron chi connectivity index (χ2n) is 9.27. The number of hydrogen-bond donors (Lipinski definition) is 1. The molecular formula is C25H37N3O. The Morgan fingerprint density at radius 2 is 1.76 bits per heavy atom. The molecule has 2 fully saturated rings. The summed E-state index contributed by atoms with van der Waals surface area (Å²) in [5, 5.41) is 3.29. The molecule has 4 heteroatoms. The summed E-state index contributed by atoms with van der Waals surface area (Å²) in [6.07, 6.45) is 11.5. The Morgan fingerprint density at radius 1 is 1.03 bits per heavy atom. The molecule has 0 atom stereocenters. The van der Waals surface area contributed by atoms with Gasteiger partial charge in [-0.15, -0.1) is 0 Å². The van der Waals surface area contributed by atoms with Crippen molar-refractivity contribution in [1.82, 2.24) is 10.2 Å². The lowest BCUT2D eigenvalue weighted by Gasteiger charge is -2.37. The van der Waals surface area contributed by atoms with Crippen molar-refractivity contribution in [3.05, 3.63) is 41.5 Å². The van der Waals surface area contributed by atoms with Gasteiger partial charge in [-0.1, -0.05) is 23.8 Å². The van der Waals surface area contributed by atoms with Crippen LogP contribution >= 0.6 is 0 Å². The fraction of sp³-hybridized carbons (Fsp3) is 0.640. The van der Waals surface area contributed by atoms with Gasteiger partial charge in [-0.05, 0) is 82.9 Å². The summed E-state index contributed by atoms with van der Waals surface area (Å²) in [6, 6.07) is 9.34. The second kappa shape index (κ2) is 9.80. The van der Waals surface area contributed by atoms with Gasteiger partial charge in [0.25, 0.3) is 0 Å². The maximum atomic E-state index is 12.3. The van der Waals surface area contributed by atoms with Gasteiger partial charge in [0.2, 0.25) is 5.91 Å². The van der Waals surface area contributed by atoms with Gasteiger partial charge in [-0.2, -0.15) is 0 Å². The van der Waals surface area contributed by atoms with Crippen molar-refractivity contribution in [2.24, 2.45) is 5.92 Å². The summed E-state index contributed by atoms with van der Waals surface area (Å²) < 4.78 is 0. The number of carbonyl (C=O) groups excluding carboxylic acids is 1. The average Bonchev–Trinajstić information content (AvgIpc) is 3.29. The number of nitrogens with one attached hydrogen (secondary N) is 1. The summed E-state index contributed by atoms with van der Waals surface area (Å²) in [5.41, 5.74) is 3.72. The Labute approximate surface area is 176 Å². The van der Waals surface area contributed by atoms with E-state index in [1.807, 2.05) is 0 Å². The molecular weight excluding hydrogens is 358 g/mol. The molecule has 158 valence electrons.